The first kappa shape index (κ1) is 15.3. The van der Waals surface area contributed by atoms with E-state index in [1.54, 1.807) is 6.92 Å². The van der Waals surface area contributed by atoms with E-state index in [0.29, 0.717) is 13.1 Å². The molecule has 6 heteroatoms. The van der Waals surface area contributed by atoms with Gasteiger partial charge in [-0.15, -0.1) is 0 Å². The Kier molecular flexibility index (Phi) is 4.80. The van der Waals surface area contributed by atoms with Gasteiger partial charge in [-0.2, -0.15) is 13.2 Å². The second-order valence-corrected chi connectivity index (χ2v) is 4.18. The Morgan fingerprint density at radius 2 is 1.95 bits per heavy atom. The van der Waals surface area contributed by atoms with Crippen LogP contribution in [0.15, 0.2) is 18.2 Å². The normalized spacial score (nSPS) is 11.4. The van der Waals surface area contributed by atoms with Gasteiger partial charge in [-0.1, -0.05) is 6.92 Å². The molecule has 0 spiro atoms. The van der Waals surface area contributed by atoms with Crippen LogP contribution < -0.4 is 5.73 Å². The Morgan fingerprint density at radius 1 is 1.32 bits per heavy atom. The molecule has 0 saturated heterocycles. The molecule has 0 unspecified atom stereocenters. The van der Waals surface area contributed by atoms with Gasteiger partial charge < -0.3 is 10.6 Å². The van der Waals surface area contributed by atoms with Crippen LogP contribution in [0.1, 0.15) is 36.2 Å². The predicted octanol–water partition coefficient (Wildman–Crippen LogP) is 3.16. The number of hydrogen-bond acceptors (Lipinski definition) is 2. The molecule has 0 aromatic heterocycles. The largest absolute Gasteiger partial charge is 0.416 e. The van der Waals surface area contributed by atoms with Crippen molar-refractivity contribution in [1.29, 1.82) is 0 Å². The molecule has 1 rings (SSSR count). The molecule has 0 bridgehead atoms. The van der Waals surface area contributed by atoms with Crippen molar-refractivity contribution in [3.8, 4) is 0 Å². The maximum absolute atomic E-state index is 12.6. The third-order valence-electron chi connectivity index (χ3n) is 2.77. The maximum atomic E-state index is 12.6. The lowest BCUT2D eigenvalue weighted by molar-refractivity contribution is -0.137. The number of halogens is 3. The first-order valence-corrected chi connectivity index (χ1v) is 6.07. The van der Waals surface area contributed by atoms with E-state index < -0.39 is 17.6 Å². The highest BCUT2D eigenvalue weighted by Crippen LogP contribution is 2.31. The number of carbonyl (C=O) groups excluding carboxylic acids is 1. The predicted molar refractivity (Wildman–Crippen MR) is 67.7 cm³/mol. The van der Waals surface area contributed by atoms with Crippen molar-refractivity contribution in [3.05, 3.63) is 29.3 Å². The minimum Gasteiger partial charge on any atom is -0.398 e. The van der Waals surface area contributed by atoms with Crippen LogP contribution in [0.25, 0.3) is 0 Å². The van der Waals surface area contributed by atoms with E-state index in [1.807, 2.05) is 6.92 Å². The zero-order chi connectivity index (χ0) is 14.6. The van der Waals surface area contributed by atoms with Crippen molar-refractivity contribution < 1.29 is 18.0 Å². The van der Waals surface area contributed by atoms with E-state index in [0.717, 1.165) is 24.6 Å². The van der Waals surface area contributed by atoms with Crippen molar-refractivity contribution in [2.45, 2.75) is 26.4 Å². The summed E-state index contributed by atoms with van der Waals surface area (Å²) in [6.45, 7) is 4.59. The van der Waals surface area contributed by atoms with Crippen LogP contribution >= 0.6 is 0 Å². The topological polar surface area (TPSA) is 46.3 Å². The Bertz CT molecular complexity index is 458. The Balaban J connectivity index is 3.15. The van der Waals surface area contributed by atoms with Gasteiger partial charge in [0, 0.05) is 18.8 Å². The highest BCUT2D eigenvalue weighted by atomic mass is 19.4. The van der Waals surface area contributed by atoms with E-state index in [2.05, 4.69) is 0 Å². The Hall–Kier alpha value is -1.72. The van der Waals surface area contributed by atoms with E-state index >= 15 is 0 Å². The minimum atomic E-state index is -4.48. The zero-order valence-electron chi connectivity index (χ0n) is 10.9. The van der Waals surface area contributed by atoms with Crippen molar-refractivity contribution in [1.82, 2.24) is 4.90 Å². The summed E-state index contributed by atoms with van der Waals surface area (Å²) in [4.78, 5) is 13.6. The fraction of sp³-hybridized carbons (Fsp3) is 0.462. The van der Waals surface area contributed by atoms with Crippen molar-refractivity contribution >= 4 is 11.6 Å². The number of nitrogens with zero attached hydrogens (tertiary/aromatic N) is 1. The lowest BCUT2D eigenvalue weighted by Crippen LogP contribution is -2.32. The molecule has 3 nitrogen and oxygen atoms in total. The molecule has 2 N–H and O–H groups in total. The molecule has 1 aromatic rings. The van der Waals surface area contributed by atoms with Crippen LogP contribution in [0, 0.1) is 0 Å². The smallest absolute Gasteiger partial charge is 0.398 e. The van der Waals surface area contributed by atoms with Crippen LogP contribution in [0.5, 0.6) is 0 Å². The lowest BCUT2D eigenvalue weighted by atomic mass is 10.1. The molecule has 0 fully saturated rings. The molecular formula is C13H17F3N2O. The first-order valence-electron chi connectivity index (χ1n) is 6.07. The number of benzene rings is 1. The Morgan fingerprint density at radius 3 is 2.42 bits per heavy atom. The summed E-state index contributed by atoms with van der Waals surface area (Å²) in [6, 6.07) is 2.81. The molecule has 106 valence electrons. The first-order chi connectivity index (χ1) is 8.81. The van der Waals surface area contributed by atoms with Gasteiger partial charge in [0.15, 0.2) is 0 Å². The number of nitrogens with two attached hydrogens (primary N) is 1. The second kappa shape index (κ2) is 5.95. The summed E-state index contributed by atoms with van der Waals surface area (Å²) in [5, 5.41) is 0. The number of anilines is 1. The van der Waals surface area contributed by atoms with Gasteiger partial charge in [0.1, 0.15) is 0 Å². The molecule has 0 radical (unpaired) electrons. The average molecular weight is 274 g/mol. The SMILES string of the molecule is CCCN(CC)C(=O)c1cc(C(F)(F)F)ccc1N. The number of rotatable bonds is 4. The highest BCUT2D eigenvalue weighted by molar-refractivity contribution is 5.99. The number of carbonyl (C=O) groups is 1. The molecule has 0 aliphatic heterocycles. The molecule has 0 heterocycles. The molecule has 19 heavy (non-hydrogen) atoms. The molecule has 1 aromatic carbocycles. The van der Waals surface area contributed by atoms with Crippen LogP contribution in [0.4, 0.5) is 18.9 Å². The third-order valence-corrected chi connectivity index (χ3v) is 2.77. The monoisotopic (exact) mass is 274 g/mol. The Labute approximate surface area is 110 Å². The zero-order valence-corrected chi connectivity index (χ0v) is 10.9. The quantitative estimate of drug-likeness (QED) is 0.857. The minimum absolute atomic E-state index is 0.0625. The van der Waals surface area contributed by atoms with Crippen LogP contribution in [-0.2, 0) is 6.18 Å². The van der Waals surface area contributed by atoms with Gasteiger partial charge in [-0.05, 0) is 31.5 Å². The number of nitrogen functional groups attached to an aromatic ring is 1. The summed E-state index contributed by atoms with van der Waals surface area (Å²) >= 11 is 0. The molecule has 0 aliphatic carbocycles. The van der Waals surface area contributed by atoms with Gasteiger partial charge in [-0.3, -0.25) is 4.79 Å². The van der Waals surface area contributed by atoms with Crippen LogP contribution in [0.2, 0.25) is 0 Å². The van der Waals surface area contributed by atoms with Crippen molar-refractivity contribution in [2.75, 3.05) is 18.8 Å². The average Bonchev–Trinajstić information content (AvgIpc) is 2.34. The fourth-order valence-corrected chi connectivity index (χ4v) is 1.76. The summed E-state index contributed by atoms with van der Waals surface area (Å²) in [5.41, 5.74) is 4.71. The lowest BCUT2D eigenvalue weighted by Gasteiger charge is -2.21. The molecular weight excluding hydrogens is 257 g/mol. The summed E-state index contributed by atoms with van der Waals surface area (Å²) < 4.78 is 37.9. The standard InChI is InChI=1S/C13H17F3N2O/c1-3-7-18(4-2)12(19)10-8-9(13(14,15)16)5-6-11(10)17/h5-6,8H,3-4,7,17H2,1-2H3. The van der Waals surface area contributed by atoms with E-state index in [4.69, 9.17) is 5.73 Å². The molecule has 0 aliphatic rings. The summed E-state index contributed by atoms with van der Waals surface area (Å²) in [5.74, 6) is -0.465. The van der Waals surface area contributed by atoms with Gasteiger partial charge >= 0.3 is 6.18 Å². The van der Waals surface area contributed by atoms with Gasteiger partial charge in [-0.25, -0.2) is 0 Å². The van der Waals surface area contributed by atoms with E-state index in [1.165, 1.54) is 4.90 Å². The summed E-state index contributed by atoms with van der Waals surface area (Å²) in [7, 11) is 0. The van der Waals surface area contributed by atoms with E-state index in [-0.39, 0.29) is 11.3 Å². The van der Waals surface area contributed by atoms with Gasteiger partial charge in [0.05, 0.1) is 11.1 Å². The number of amides is 1. The second-order valence-electron chi connectivity index (χ2n) is 4.18. The van der Waals surface area contributed by atoms with Gasteiger partial charge in [0.2, 0.25) is 0 Å². The number of hydrogen-bond donors (Lipinski definition) is 1. The van der Waals surface area contributed by atoms with Crippen LogP contribution in [-0.4, -0.2) is 23.9 Å². The van der Waals surface area contributed by atoms with Gasteiger partial charge in [0.25, 0.3) is 5.91 Å². The third kappa shape index (κ3) is 3.62. The molecule has 0 atom stereocenters. The maximum Gasteiger partial charge on any atom is 0.416 e. The molecule has 1 amide bonds. The summed E-state index contributed by atoms with van der Waals surface area (Å²) in [6.07, 6.45) is -3.75. The number of alkyl halides is 3. The highest BCUT2D eigenvalue weighted by Gasteiger charge is 2.32. The molecule has 0 saturated carbocycles. The fourth-order valence-electron chi connectivity index (χ4n) is 1.76. The van der Waals surface area contributed by atoms with Crippen LogP contribution in [0.3, 0.4) is 0 Å². The van der Waals surface area contributed by atoms with Crippen molar-refractivity contribution in [3.63, 3.8) is 0 Å². The van der Waals surface area contributed by atoms with Crippen molar-refractivity contribution in [2.24, 2.45) is 0 Å². The van der Waals surface area contributed by atoms with E-state index in [9.17, 15) is 18.0 Å².